The number of carbonyl (C=O) groups excluding carboxylic acids is 3. The normalized spacial score (nSPS) is 23.4. The van der Waals surface area contributed by atoms with E-state index in [1.165, 1.54) is 11.9 Å². The van der Waals surface area contributed by atoms with Gasteiger partial charge in [0.1, 0.15) is 12.3 Å². The van der Waals surface area contributed by atoms with Crippen molar-refractivity contribution in [2.75, 3.05) is 13.6 Å². The van der Waals surface area contributed by atoms with Crippen molar-refractivity contribution >= 4 is 17.6 Å². The van der Waals surface area contributed by atoms with Gasteiger partial charge in [0.15, 0.2) is 0 Å². The molecule has 2 atom stereocenters. The topological polar surface area (TPSA) is 92.5 Å². The number of Topliss-reactive ketones (excluding diaryl/α,β-unsaturated/α-hetero) is 1. The summed E-state index contributed by atoms with van der Waals surface area (Å²) in [6.45, 7) is 1.35. The summed E-state index contributed by atoms with van der Waals surface area (Å²) < 4.78 is 0. The molecular formula is C12H21N3O3. The van der Waals surface area contributed by atoms with Crippen molar-refractivity contribution in [3.05, 3.63) is 0 Å². The maximum atomic E-state index is 12.3. The second-order valence-electron chi connectivity index (χ2n) is 4.72. The lowest BCUT2D eigenvalue weighted by atomic mass is 9.76. The second kappa shape index (κ2) is 6.49. The van der Waals surface area contributed by atoms with Gasteiger partial charge < -0.3 is 5.73 Å². The Kier molecular flexibility index (Phi) is 5.27. The van der Waals surface area contributed by atoms with Gasteiger partial charge >= 0.3 is 0 Å². The molecule has 0 aliphatic heterocycles. The van der Waals surface area contributed by atoms with E-state index in [1.807, 2.05) is 0 Å². The van der Waals surface area contributed by atoms with E-state index in [1.54, 1.807) is 7.05 Å². The highest BCUT2D eigenvalue weighted by molar-refractivity contribution is 5.89. The molecule has 1 saturated carbocycles. The number of primary amides is 1. The van der Waals surface area contributed by atoms with Crippen LogP contribution in [0.5, 0.6) is 0 Å². The molecule has 2 unspecified atom stereocenters. The first-order chi connectivity index (χ1) is 8.47. The standard InChI is InChI=1S/C12H21N3O3/c1-8(16)9-5-3-4-6-10(9)12(18)15(14-2)7-11(13)17/h9-10,14H,3-7H2,1-2H3,(H2,13,17). The lowest BCUT2D eigenvalue weighted by Gasteiger charge is -2.32. The Morgan fingerprint density at radius 2 is 1.78 bits per heavy atom. The summed E-state index contributed by atoms with van der Waals surface area (Å²) in [5.74, 6) is -1.30. The molecule has 0 aromatic heterocycles. The Bertz CT molecular complexity index is 343. The van der Waals surface area contributed by atoms with Gasteiger partial charge in [-0.3, -0.25) is 19.4 Å². The van der Waals surface area contributed by atoms with Gasteiger partial charge in [0.05, 0.1) is 0 Å². The zero-order valence-corrected chi connectivity index (χ0v) is 10.9. The van der Waals surface area contributed by atoms with E-state index in [-0.39, 0.29) is 30.1 Å². The van der Waals surface area contributed by atoms with Crippen molar-refractivity contribution in [1.29, 1.82) is 0 Å². The molecule has 1 aliphatic rings. The maximum absolute atomic E-state index is 12.3. The van der Waals surface area contributed by atoms with E-state index in [4.69, 9.17) is 5.73 Å². The van der Waals surface area contributed by atoms with Crippen molar-refractivity contribution in [2.45, 2.75) is 32.6 Å². The molecule has 0 aromatic rings. The predicted molar refractivity (Wildman–Crippen MR) is 66.1 cm³/mol. The second-order valence-corrected chi connectivity index (χ2v) is 4.72. The Labute approximate surface area is 107 Å². The third-order valence-corrected chi connectivity index (χ3v) is 3.46. The number of nitrogens with zero attached hydrogens (tertiary/aromatic N) is 1. The Morgan fingerprint density at radius 3 is 2.22 bits per heavy atom. The minimum atomic E-state index is -0.576. The van der Waals surface area contributed by atoms with Crippen LogP contribution in [0.2, 0.25) is 0 Å². The summed E-state index contributed by atoms with van der Waals surface area (Å²) in [6.07, 6.45) is 3.36. The van der Waals surface area contributed by atoms with Crippen LogP contribution in [0.25, 0.3) is 0 Å². The van der Waals surface area contributed by atoms with Crippen LogP contribution < -0.4 is 11.2 Å². The number of carbonyl (C=O) groups is 3. The smallest absolute Gasteiger partial charge is 0.240 e. The average Bonchev–Trinajstić information content (AvgIpc) is 2.34. The molecule has 1 aliphatic carbocycles. The highest BCUT2D eigenvalue weighted by Crippen LogP contribution is 2.31. The van der Waals surface area contributed by atoms with E-state index >= 15 is 0 Å². The maximum Gasteiger partial charge on any atom is 0.240 e. The molecule has 1 fully saturated rings. The molecule has 0 heterocycles. The summed E-state index contributed by atoms with van der Waals surface area (Å²) in [6, 6.07) is 0. The van der Waals surface area contributed by atoms with E-state index < -0.39 is 5.91 Å². The zero-order chi connectivity index (χ0) is 13.7. The third kappa shape index (κ3) is 3.53. The number of nitrogens with one attached hydrogen (secondary N) is 1. The number of amides is 2. The van der Waals surface area contributed by atoms with E-state index in [0.29, 0.717) is 6.42 Å². The molecule has 0 bridgehead atoms. The first-order valence-electron chi connectivity index (χ1n) is 6.25. The molecule has 0 spiro atoms. The van der Waals surface area contributed by atoms with Crippen LogP contribution in [-0.2, 0) is 14.4 Å². The lowest BCUT2D eigenvalue weighted by Crippen LogP contribution is -2.50. The Balaban J connectivity index is 2.78. The minimum absolute atomic E-state index is 0.0446. The van der Waals surface area contributed by atoms with Crippen molar-refractivity contribution in [1.82, 2.24) is 10.4 Å². The lowest BCUT2D eigenvalue weighted by molar-refractivity contribution is -0.146. The van der Waals surface area contributed by atoms with Gasteiger partial charge in [-0.2, -0.15) is 0 Å². The number of hydrazine groups is 1. The first kappa shape index (κ1) is 14.6. The van der Waals surface area contributed by atoms with E-state index in [2.05, 4.69) is 5.43 Å². The van der Waals surface area contributed by atoms with Crippen LogP contribution in [0.1, 0.15) is 32.6 Å². The van der Waals surface area contributed by atoms with Gasteiger partial charge in [0.25, 0.3) is 0 Å². The number of rotatable bonds is 5. The van der Waals surface area contributed by atoms with Gasteiger partial charge in [-0.15, -0.1) is 0 Å². The van der Waals surface area contributed by atoms with E-state index in [9.17, 15) is 14.4 Å². The fourth-order valence-corrected chi connectivity index (χ4v) is 2.54. The van der Waals surface area contributed by atoms with Gasteiger partial charge in [-0.1, -0.05) is 12.8 Å². The van der Waals surface area contributed by atoms with Gasteiger partial charge in [0.2, 0.25) is 11.8 Å². The monoisotopic (exact) mass is 255 g/mol. The van der Waals surface area contributed by atoms with Crippen LogP contribution in [0.4, 0.5) is 0 Å². The van der Waals surface area contributed by atoms with E-state index in [0.717, 1.165) is 19.3 Å². The third-order valence-electron chi connectivity index (χ3n) is 3.46. The van der Waals surface area contributed by atoms with Crippen molar-refractivity contribution < 1.29 is 14.4 Å². The SMILES string of the molecule is CNN(CC(N)=O)C(=O)C1CCCCC1C(C)=O. The number of hydrogen-bond acceptors (Lipinski definition) is 4. The van der Waals surface area contributed by atoms with Crippen molar-refractivity contribution in [3.63, 3.8) is 0 Å². The van der Waals surface area contributed by atoms with Crippen LogP contribution in [0, 0.1) is 11.8 Å². The predicted octanol–water partition coefficient (Wildman–Crippen LogP) is -0.170. The quantitative estimate of drug-likeness (QED) is 0.667. The number of hydrogen-bond donors (Lipinski definition) is 2. The molecule has 1 rings (SSSR count). The molecule has 6 heteroatoms. The van der Waals surface area contributed by atoms with Crippen LogP contribution in [0.3, 0.4) is 0 Å². The molecule has 0 radical (unpaired) electrons. The van der Waals surface area contributed by atoms with Crippen LogP contribution >= 0.6 is 0 Å². The van der Waals surface area contributed by atoms with Crippen molar-refractivity contribution in [3.8, 4) is 0 Å². The summed E-state index contributed by atoms with van der Waals surface area (Å²) >= 11 is 0. The first-order valence-corrected chi connectivity index (χ1v) is 6.25. The summed E-state index contributed by atoms with van der Waals surface area (Å²) in [5.41, 5.74) is 7.75. The highest BCUT2D eigenvalue weighted by atomic mass is 16.2. The Morgan fingerprint density at radius 1 is 1.22 bits per heavy atom. The zero-order valence-electron chi connectivity index (χ0n) is 10.9. The fraction of sp³-hybridized carbons (Fsp3) is 0.750. The van der Waals surface area contributed by atoms with Crippen LogP contribution in [0.15, 0.2) is 0 Å². The molecule has 3 N–H and O–H groups in total. The molecule has 0 aromatic carbocycles. The van der Waals surface area contributed by atoms with Crippen molar-refractivity contribution in [2.24, 2.45) is 17.6 Å². The minimum Gasteiger partial charge on any atom is -0.368 e. The molecule has 6 nitrogen and oxygen atoms in total. The van der Waals surface area contributed by atoms with Gasteiger partial charge in [-0.05, 0) is 19.8 Å². The molecule has 18 heavy (non-hydrogen) atoms. The number of nitrogens with two attached hydrogens (primary N) is 1. The summed E-state index contributed by atoms with van der Waals surface area (Å²) in [5, 5.41) is 1.20. The highest BCUT2D eigenvalue weighted by Gasteiger charge is 2.36. The van der Waals surface area contributed by atoms with Gasteiger partial charge in [0, 0.05) is 18.9 Å². The number of ketones is 1. The van der Waals surface area contributed by atoms with Crippen LogP contribution in [-0.4, -0.2) is 36.2 Å². The average molecular weight is 255 g/mol. The largest absolute Gasteiger partial charge is 0.368 e. The fourth-order valence-electron chi connectivity index (χ4n) is 2.54. The molecule has 102 valence electrons. The Hall–Kier alpha value is -1.43. The molecule has 2 amide bonds. The van der Waals surface area contributed by atoms with Gasteiger partial charge in [-0.25, -0.2) is 5.43 Å². The molecule has 0 saturated heterocycles. The summed E-state index contributed by atoms with van der Waals surface area (Å²) in [4.78, 5) is 34.7. The molecular weight excluding hydrogens is 234 g/mol. The summed E-state index contributed by atoms with van der Waals surface area (Å²) in [7, 11) is 1.56.